The quantitative estimate of drug-likeness (QED) is 0.674. The fourth-order valence-electron chi connectivity index (χ4n) is 2.08. The molecule has 0 bridgehead atoms. The lowest BCUT2D eigenvalue weighted by atomic mass is 10.0. The highest BCUT2D eigenvalue weighted by Gasteiger charge is 2.24. The van der Waals surface area contributed by atoms with Crippen molar-refractivity contribution in [1.82, 2.24) is 0 Å². The number of hydrogen-bond donors (Lipinski definition) is 1. The van der Waals surface area contributed by atoms with Gasteiger partial charge in [0.05, 0.1) is 12.6 Å². The molecule has 14 heavy (non-hydrogen) atoms. The van der Waals surface area contributed by atoms with Crippen LogP contribution in [-0.2, 0) is 6.42 Å². The zero-order valence-corrected chi connectivity index (χ0v) is 7.95. The molecule has 2 aliphatic heterocycles. The van der Waals surface area contributed by atoms with Gasteiger partial charge in [0, 0.05) is 11.6 Å². The molecule has 74 valence electrons. The molecule has 0 saturated carbocycles. The summed E-state index contributed by atoms with van der Waals surface area (Å²) in [7, 11) is 0. The molecule has 3 heteroatoms. The van der Waals surface area contributed by atoms with Crippen molar-refractivity contribution in [2.24, 2.45) is 5.73 Å². The molecule has 0 aliphatic carbocycles. The van der Waals surface area contributed by atoms with Crippen molar-refractivity contribution in [2.45, 2.75) is 18.9 Å². The summed E-state index contributed by atoms with van der Waals surface area (Å²) in [6, 6.07) is 4.16. The number of nitrogens with two attached hydrogens (primary N) is 1. The van der Waals surface area contributed by atoms with Gasteiger partial charge < -0.3 is 15.2 Å². The van der Waals surface area contributed by atoms with E-state index < -0.39 is 0 Å². The Morgan fingerprint density at radius 2 is 2.14 bits per heavy atom. The summed E-state index contributed by atoms with van der Waals surface area (Å²) in [5.74, 6) is 1.88. The van der Waals surface area contributed by atoms with Crippen molar-refractivity contribution in [1.29, 1.82) is 0 Å². The predicted octanol–water partition coefficient (Wildman–Crippen LogP) is 1.40. The molecule has 1 atom stereocenters. The SMILES string of the molecule is N[C@H]1COc2cc3c(cc21)CCCO3. The summed E-state index contributed by atoms with van der Waals surface area (Å²) in [5, 5.41) is 0. The zero-order valence-electron chi connectivity index (χ0n) is 7.95. The lowest BCUT2D eigenvalue weighted by Crippen LogP contribution is -2.12. The third kappa shape index (κ3) is 1.09. The van der Waals surface area contributed by atoms with E-state index in [-0.39, 0.29) is 6.04 Å². The summed E-state index contributed by atoms with van der Waals surface area (Å²) < 4.78 is 11.0. The Morgan fingerprint density at radius 1 is 1.21 bits per heavy atom. The van der Waals surface area contributed by atoms with E-state index in [2.05, 4.69) is 6.07 Å². The molecule has 1 aromatic carbocycles. The molecular weight excluding hydrogens is 178 g/mol. The Balaban J connectivity index is 2.11. The van der Waals surface area contributed by atoms with Crippen molar-refractivity contribution >= 4 is 0 Å². The minimum Gasteiger partial charge on any atom is -0.493 e. The van der Waals surface area contributed by atoms with Gasteiger partial charge in [0.15, 0.2) is 0 Å². The van der Waals surface area contributed by atoms with Gasteiger partial charge in [0.1, 0.15) is 18.1 Å². The number of hydrogen-bond acceptors (Lipinski definition) is 3. The standard InChI is InChI=1S/C11H13NO2/c12-9-6-14-11-5-10-7(4-8(9)11)2-1-3-13-10/h4-5,9H,1-3,6,12H2/t9-/m0/s1. The second kappa shape index (κ2) is 2.89. The van der Waals surface area contributed by atoms with Gasteiger partial charge in [-0.2, -0.15) is 0 Å². The summed E-state index contributed by atoms with van der Waals surface area (Å²) in [4.78, 5) is 0. The first kappa shape index (κ1) is 8.12. The molecule has 2 N–H and O–H groups in total. The van der Waals surface area contributed by atoms with Gasteiger partial charge in [-0.3, -0.25) is 0 Å². The predicted molar refractivity (Wildman–Crippen MR) is 52.7 cm³/mol. The number of ether oxygens (including phenoxy) is 2. The van der Waals surface area contributed by atoms with E-state index in [1.807, 2.05) is 6.07 Å². The molecule has 0 unspecified atom stereocenters. The van der Waals surface area contributed by atoms with Crippen LogP contribution < -0.4 is 15.2 Å². The van der Waals surface area contributed by atoms with Crippen LogP contribution in [0.15, 0.2) is 12.1 Å². The van der Waals surface area contributed by atoms with Crippen molar-refractivity contribution in [3.05, 3.63) is 23.3 Å². The average molecular weight is 191 g/mol. The Hall–Kier alpha value is -1.22. The molecule has 0 saturated heterocycles. The Bertz CT molecular complexity index is 375. The van der Waals surface area contributed by atoms with E-state index in [4.69, 9.17) is 15.2 Å². The fourth-order valence-corrected chi connectivity index (χ4v) is 2.08. The van der Waals surface area contributed by atoms with Crippen molar-refractivity contribution in [2.75, 3.05) is 13.2 Å². The monoisotopic (exact) mass is 191 g/mol. The van der Waals surface area contributed by atoms with E-state index in [1.165, 1.54) is 5.56 Å². The molecule has 0 spiro atoms. The zero-order chi connectivity index (χ0) is 9.54. The number of benzene rings is 1. The minimum atomic E-state index is 0.0391. The Morgan fingerprint density at radius 3 is 3.07 bits per heavy atom. The first-order chi connectivity index (χ1) is 6.84. The smallest absolute Gasteiger partial charge is 0.128 e. The first-order valence-electron chi connectivity index (χ1n) is 5.02. The molecule has 1 aromatic rings. The van der Waals surface area contributed by atoms with Crippen LogP contribution >= 0.6 is 0 Å². The van der Waals surface area contributed by atoms with Crippen molar-refractivity contribution in [3.8, 4) is 11.5 Å². The molecule has 0 radical (unpaired) electrons. The highest BCUT2D eigenvalue weighted by Crippen LogP contribution is 2.38. The second-order valence-electron chi connectivity index (χ2n) is 3.87. The van der Waals surface area contributed by atoms with Crippen LogP contribution in [0, 0.1) is 0 Å². The minimum absolute atomic E-state index is 0.0391. The molecule has 0 amide bonds. The molecular formula is C11H13NO2. The van der Waals surface area contributed by atoms with Crippen LogP contribution in [0.1, 0.15) is 23.6 Å². The lowest BCUT2D eigenvalue weighted by molar-refractivity contribution is 0.285. The first-order valence-corrected chi connectivity index (χ1v) is 5.02. The molecule has 0 fully saturated rings. The summed E-state index contributed by atoms with van der Waals surface area (Å²) in [5.41, 5.74) is 8.32. The molecule has 3 nitrogen and oxygen atoms in total. The maximum Gasteiger partial charge on any atom is 0.128 e. The number of rotatable bonds is 0. The largest absolute Gasteiger partial charge is 0.493 e. The number of aryl methyl sites for hydroxylation is 1. The summed E-state index contributed by atoms with van der Waals surface area (Å²) >= 11 is 0. The Labute approximate surface area is 82.8 Å². The fraction of sp³-hybridized carbons (Fsp3) is 0.455. The van der Waals surface area contributed by atoms with Gasteiger partial charge in [0.2, 0.25) is 0 Å². The normalized spacial score (nSPS) is 23.4. The third-order valence-corrected chi connectivity index (χ3v) is 2.86. The average Bonchev–Trinajstić information content (AvgIpc) is 2.57. The molecule has 3 rings (SSSR count). The van der Waals surface area contributed by atoms with Crippen LogP contribution in [0.2, 0.25) is 0 Å². The molecule has 0 aromatic heterocycles. The van der Waals surface area contributed by atoms with Crippen molar-refractivity contribution < 1.29 is 9.47 Å². The second-order valence-corrected chi connectivity index (χ2v) is 3.87. The highest BCUT2D eigenvalue weighted by molar-refractivity contribution is 5.50. The molecule has 2 heterocycles. The van der Waals surface area contributed by atoms with E-state index in [1.54, 1.807) is 0 Å². The van der Waals surface area contributed by atoms with Gasteiger partial charge >= 0.3 is 0 Å². The van der Waals surface area contributed by atoms with E-state index in [0.717, 1.165) is 36.5 Å². The maximum atomic E-state index is 5.91. The molecule has 2 aliphatic rings. The van der Waals surface area contributed by atoms with Gasteiger partial charge in [-0.15, -0.1) is 0 Å². The van der Waals surface area contributed by atoms with Gasteiger partial charge in [-0.25, -0.2) is 0 Å². The van der Waals surface area contributed by atoms with Gasteiger partial charge in [0.25, 0.3) is 0 Å². The van der Waals surface area contributed by atoms with Crippen LogP contribution in [-0.4, -0.2) is 13.2 Å². The van der Waals surface area contributed by atoms with Gasteiger partial charge in [-0.1, -0.05) is 0 Å². The highest BCUT2D eigenvalue weighted by atomic mass is 16.5. The van der Waals surface area contributed by atoms with E-state index in [0.29, 0.717) is 6.61 Å². The van der Waals surface area contributed by atoms with Crippen LogP contribution in [0.4, 0.5) is 0 Å². The van der Waals surface area contributed by atoms with Gasteiger partial charge in [-0.05, 0) is 24.5 Å². The van der Waals surface area contributed by atoms with E-state index in [9.17, 15) is 0 Å². The third-order valence-electron chi connectivity index (χ3n) is 2.86. The number of fused-ring (bicyclic) bond motifs is 2. The Kier molecular flexibility index (Phi) is 1.67. The summed E-state index contributed by atoms with van der Waals surface area (Å²) in [6.07, 6.45) is 2.19. The van der Waals surface area contributed by atoms with Crippen LogP contribution in [0.5, 0.6) is 11.5 Å². The lowest BCUT2D eigenvalue weighted by Gasteiger charge is -2.18. The topological polar surface area (TPSA) is 44.5 Å². The van der Waals surface area contributed by atoms with Crippen LogP contribution in [0.3, 0.4) is 0 Å². The maximum absolute atomic E-state index is 5.91. The van der Waals surface area contributed by atoms with Crippen LogP contribution in [0.25, 0.3) is 0 Å². The summed E-state index contributed by atoms with van der Waals surface area (Å²) in [6.45, 7) is 1.41. The van der Waals surface area contributed by atoms with E-state index >= 15 is 0 Å². The van der Waals surface area contributed by atoms with Crippen molar-refractivity contribution in [3.63, 3.8) is 0 Å².